The molecule has 0 aromatic heterocycles. The third-order valence-corrected chi connectivity index (χ3v) is 1.33. The van der Waals surface area contributed by atoms with Crippen LogP contribution in [-0.4, -0.2) is 0 Å². The Balaban J connectivity index is 0.000000640. The zero-order chi connectivity index (χ0) is 5.98. The van der Waals surface area contributed by atoms with Gasteiger partial charge >= 0.3 is 0 Å². The minimum absolute atomic E-state index is 0. The molecule has 0 spiro atoms. The zero-order valence-corrected chi connectivity index (χ0v) is 8.33. The summed E-state index contributed by atoms with van der Waals surface area (Å²) in [4.78, 5) is 0. The van der Waals surface area contributed by atoms with E-state index < -0.39 is 0 Å². The molecule has 0 N–H and O–H groups in total. The van der Waals surface area contributed by atoms with Crippen molar-refractivity contribution in [3.63, 3.8) is 0 Å². The number of hydrogen-bond acceptors (Lipinski definition) is 0. The smallest absolute Gasteiger partial charge is 0 e. The largest absolute Gasteiger partial charge is 0.180 e. The Hall–Kier alpha value is -0.118. The van der Waals surface area contributed by atoms with E-state index in [0.29, 0.717) is 0 Å². The van der Waals surface area contributed by atoms with Crippen molar-refractivity contribution >= 4 is 0 Å². The Morgan fingerprint density at radius 1 is 1.33 bits per heavy atom. The molecule has 1 heteroatoms. The van der Waals surface area contributed by atoms with Crippen molar-refractivity contribution in [1.29, 1.82) is 0 Å². The van der Waals surface area contributed by atoms with Crippen LogP contribution in [0.4, 0.5) is 0 Å². The van der Waals surface area contributed by atoms with Crippen molar-refractivity contribution in [2.45, 2.75) is 13.8 Å². The van der Waals surface area contributed by atoms with Gasteiger partial charge in [-0.15, -0.1) is 0 Å². The summed E-state index contributed by atoms with van der Waals surface area (Å²) in [6.45, 7) is 4.15. The van der Waals surface area contributed by atoms with Crippen LogP contribution in [0.3, 0.4) is 0 Å². The van der Waals surface area contributed by atoms with E-state index in [1.165, 1.54) is 11.1 Å². The second kappa shape index (κ2) is 3.82. The molecule has 1 aromatic rings. The van der Waals surface area contributed by atoms with Gasteiger partial charge in [-0.05, 0) is 0 Å². The van der Waals surface area contributed by atoms with Gasteiger partial charge in [0.15, 0.2) is 0 Å². The molecule has 1 aromatic carbocycles. The Bertz CT molecular complexity index is 161. The molecule has 0 fully saturated rings. The molecule has 0 aliphatic carbocycles. The predicted octanol–water partition coefficient (Wildman–Crippen LogP) is 2.10. The van der Waals surface area contributed by atoms with Crippen LogP contribution in [0.1, 0.15) is 11.1 Å². The van der Waals surface area contributed by atoms with E-state index in [4.69, 9.17) is 0 Å². The molecular weight excluding hydrogens is 282 g/mol. The molecule has 0 saturated carbocycles. The Kier molecular flexibility index (Phi) is 3.77. The average Bonchev–Trinajstić information content (AvgIpc) is 1.77. The second-order valence-corrected chi connectivity index (χ2v) is 1.98. The van der Waals surface area contributed by atoms with Gasteiger partial charge in [-0.1, -0.05) is 13.8 Å². The summed E-state index contributed by atoms with van der Waals surface area (Å²) >= 11 is 0. The van der Waals surface area contributed by atoms with E-state index in [0.717, 1.165) is 0 Å². The number of rotatable bonds is 0. The third-order valence-electron chi connectivity index (χ3n) is 1.33. The molecule has 0 heterocycles. The van der Waals surface area contributed by atoms with Crippen molar-refractivity contribution in [2.75, 3.05) is 0 Å². The SMILES string of the molecule is Cc1[c-]cccc1C.[Re]. The summed E-state index contributed by atoms with van der Waals surface area (Å²) in [6.07, 6.45) is 0. The molecule has 0 saturated heterocycles. The van der Waals surface area contributed by atoms with Crippen LogP contribution < -0.4 is 0 Å². The second-order valence-electron chi connectivity index (χ2n) is 1.98. The number of benzene rings is 1. The normalized spacial score (nSPS) is 8.22. The first-order valence-corrected chi connectivity index (χ1v) is 2.74. The van der Waals surface area contributed by atoms with Crippen LogP contribution >= 0.6 is 0 Å². The Labute approximate surface area is 69.9 Å². The van der Waals surface area contributed by atoms with Gasteiger partial charge in [-0.3, -0.25) is 0 Å². The maximum atomic E-state index is 3.10. The molecule has 1 radical (unpaired) electrons. The first-order valence-electron chi connectivity index (χ1n) is 2.74. The van der Waals surface area contributed by atoms with Gasteiger partial charge < -0.3 is 0 Å². The van der Waals surface area contributed by atoms with Gasteiger partial charge in [0.2, 0.25) is 0 Å². The standard InChI is InChI=1S/C8H9.Re/c1-7-5-3-4-6-8(7)2;/h3-5H,1-2H3;/q-1;. The van der Waals surface area contributed by atoms with Crippen molar-refractivity contribution in [2.24, 2.45) is 0 Å². The van der Waals surface area contributed by atoms with Gasteiger partial charge in [0.05, 0.1) is 0 Å². The molecule has 49 valence electrons. The molecule has 1 rings (SSSR count). The van der Waals surface area contributed by atoms with Crippen LogP contribution in [0.25, 0.3) is 0 Å². The summed E-state index contributed by atoms with van der Waals surface area (Å²) in [5, 5.41) is 0. The summed E-state index contributed by atoms with van der Waals surface area (Å²) < 4.78 is 0. The molecule has 0 aliphatic rings. The van der Waals surface area contributed by atoms with Gasteiger partial charge in [0, 0.05) is 20.4 Å². The summed E-state index contributed by atoms with van der Waals surface area (Å²) in [7, 11) is 0. The summed E-state index contributed by atoms with van der Waals surface area (Å²) in [6, 6.07) is 9.12. The Morgan fingerprint density at radius 2 is 2.00 bits per heavy atom. The van der Waals surface area contributed by atoms with Gasteiger partial charge in [-0.25, -0.2) is 0 Å². The third kappa shape index (κ3) is 2.30. The monoisotopic (exact) mass is 292 g/mol. The molecule has 0 aliphatic heterocycles. The maximum absolute atomic E-state index is 3.10. The fraction of sp³-hybridized carbons (Fsp3) is 0.250. The van der Waals surface area contributed by atoms with Crippen molar-refractivity contribution in [1.82, 2.24) is 0 Å². The number of aryl methyl sites for hydroxylation is 2. The summed E-state index contributed by atoms with van der Waals surface area (Å²) in [5.74, 6) is 0. The van der Waals surface area contributed by atoms with Gasteiger partial charge in [-0.2, -0.15) is 35.4 Å². The van der Waals surface area contributed by atoms with E-state index in [9.17, 15) is 0 Å². The maximum Gasteiger partial charge on any atom is 0 e. The van der Waals surface area contributed by atoms with Crippen LogP contribution in [0, 0.1) is 19.9 Å². The Morgan fingerprint density at radius 3 is 2.33 bits per heavy atom. The van der Waals surface area contributed by atoms with Crippen LogP contribution in [0.5, 0.6) is 0 Å². The topological polar surface area (TPSA) is 0 Å². The van der Waals surface area contributed by atoms with E-state index in [2.05, 4.69) is 26.0 Å². The van der Waals surface area contributed by atoms with Crippen LogP contribution in [-0.2, 0) is 20.4 Å². The first kappa shape index (κ1) is 8.88. The fourth-order valence-electron chi connectivity index (χ4n) is 0.604. The summed E-state index contributed by atoms with van der Waals surface area (Å²) in [5.41, 5.74) is 2.56. The quantitative estimate of drug-likeness (QED) is 0.642. The van der Waals surface area contributed by atoms with E-state index in [-0.39, 0.29) is 20.4 Å². The minimum atomic E-state index is 0. The van der Waals surface area contributed by atoms with Crippen molar-refractivity contribution < 1.29 is 20.4 Å². The molecule has 0 unspecified atom stereocenters. The van der Waals surface area contributed by atoms with E-state index in [1.54, 1.807) is 0 Å². The van der Waals surface area contributed by atoms with Crippen molar-refractivity contribution in [3.8, 4) is 0 Å². The number of hydrogen-bond donors (Lipinski definition) is 0. The van der Waals surface area contributed by atoms with E-state index in [1.807, 2.05) is 12.1 Å². The zero-order valence-electron chi connectivity index (χ0n) is 5.61. The van der Waals surface area contributed by atoms with Gasteiger partial charge in [0.25, 0.3) is 0 Å². The minimum Gasteiger partial charge on any atom is -0.180 e. The molecule has 0 bridgehead atoms. The van der Waals surface area contributed by atoms with Crippen LogP contribution in [0.2, 0.25) is 0 Å². The molecule has 0 atom stereocenters. The molecule has 0 nitrogen and oxygen atoms in total. The van der Waals surface area contributed by atoms with Crippen LogP contribution in [0.15, 0.2) is 18.2 Å². The van der Waals surface area contributed by atoms with E-state index >= 15 is 0 Å². The average molecular weight is 291 g/mol. The van der Waals surface area contributed by atoms with Crippen molar-refractivity contribution in [3.05, 3.63) is 35.4 Å². The first-order chi connectivity index (χ1) is 3.80. The molecule has 0 amide bonds. The fourth-order valence-corrected chi connectivity index (χ4v) is 0.604. The molecule has 9 heavy (non-hydrogen) atoms. The molecular formula is C8H9Re-. The van der Waals surface area contributed by atoms with Gasteiger partial charge in [0.1, 0.15) is 0 Å². The predicted molar refractivity (Wildman–Crippen MR) is 34.8 cm³/mol.